The Labute approximate surface area is 107 Å². The number of ether oxygens (including phenoxy) is 1. The minimum Gasteiger partial charge on any atom is -0.461 e. The second kappa shape index (κ2) is 4.73. The third-order valence-corrected chi connectivity index (χ3v) is 3.10. The van der Waals surface area contributed by atoms with E-state index in [2.05, 4.69) is 15.4 Å². The maximum Gasteiger partial charge on any atom is 0.360 e. The molecule has 0 saturated carbocycles. The molecular weight excluding hydrogens is 256 g/mol. The van der Waals surface area contributed by atoms with Crippen LogP contribution in [0.2, 0.25) is 0 Å². The number of amides is 1. The number of carbonyl (C=O) groups excluding carboxylic acids is 2. The number of thiazole rings is 1. The summed E-state index contributed by atoms with van der Waals surface area (Å²) in [4.78, 5) is 26.9. The van der Waals surface area contributed by atoms with Crippen LogP contribution < -0.4 is 5.32 Å². The maximum absolute atomic E-state index is 11.7. The Bertz CT molecular complexity index is 616. The van der Waals surface area contributed by atoms with Gasteiger partial charge in [-0.2, -0.15) is 10.1 Å². The first-order valence-corrected chi connectivity index (χ1v) is 6.12. The van der Waals surface area contributed by atoms with Gasteiger partial charge in [-0.1, -0.05) is 11.3 Å². The molecule has 2 aromatic heterocycles. The zero-order valence-corrected chi connectivity index (χ0v) is 11.0. The van der Waals surface area contributed by atoms with Gasteiger partial charge in [-0.15, -0.1) is 0 Å². The first-order chi connectivity index (χ1) is 8.52. The standard InChI is InChI=1S/C10H12N4O3S/c1-4-17-9(16)6-7-8(14(3)13-6)12-10(18-7)11-5(2)15/h4H2,1-3H3,(H,11,12,15). The predicted octanol–water partition coefficient (Wildman–Crippen LogP) is 1.16. The number of carbonyl (C=O) groups is 2. The lowest BCUT2D eigenvalue weighted by Crippen LogP contribution is -2.07. The second-order valence-electron chi connectivity index (χ2n) is 3.55. The number of anilines is 1. The summed E-state index contributed by atoms with van der Waals surface area (Å²) < 4.78 is 7.02. The van der Waals surface area contributed by atoms with Gasteiger partial charge in [0.15, 0.2) is 16.5 Å². The second-order valence-corrected chi connectivity index (χ2v) is 4.54. The Morgan fingerprint density at radius 3 is 2.83 bits per heavy atom. The van der Waals surface area contributed by atoms with Gasteiger partial charge in [-0.25, -0.2) is 9.48 Å². The lowest BCUT2D eigenvalue weighted by molar-refractivity contribution is -0.114. The third kappa shape index (κ3) is 2.19. The Morgan fingerprint density at radius 1 is 1.50 bits per heavy atom. The molecule has 0 aliphatic carbocycles. The molecule has 1 amide bonds. The predicted molar refractivity (Wildman–Crippen MR) is 66.6 cm³/mol. The molecule has 2 rings (SSSR count). The highest BCUT2D eigenvalue weighted by molar-refractivity contribution is 7.22. The quantitative estimate of drug-likeness (QED) is 0.844. The Hall–Kier alpha value is -1.96. The first kappa shape index (κ1) is 12.5. The van der Waals surface area contributed by atoms with E-state index in [1.54, 1.807) is 14.0 Å². The van der Waals surface area contributed by atoms with Gasteiger partial charge in [0.25, 0.3) is 0 Å². The largest absolute Gasteiger partial charge is 0.461 e. The number of aromatic nitrogens is 3. The molecule has 0 unspecified atom stereocenters. The number of esters is 1. The molecule has 96 valence electrons. The fourth-order valence-corrected chi connectivity index (χ4v) is 2.48. The fourth-order valence-electron chi connectivity index (χ4n) is 1.47. The van der Waals surface area contributed by atoms with Crippen molar-refractivity contribution in [3.63, 3.8) is 0 Å². The van der Waals surface area contributed by atoms with Gasteiger partial charge >= 0.3 is 5.97 Å². The number of hydrogen-bond acceptors (Lipinski definition) is 6. The van der Waals surface area contributed by atoms with Crippen LogP contribution in [0.25, 0.3) is 10.3 Å². The Morgan fingerprint density at radius 2 is 2.22 bits per heavy atom. The summed E-state index contributed by atoms with van der Waals surface area (Å²) in [6.07, 6.45) is 0. The molecular formula is C10H12N4O3S. The van der Waals surface area contributed by atoms with Gasteiger partial charge in [0.05, 0.1) is 6.61 Å². The van der Waals surface area contributed by atoms with Gasteiger partial charge in [0, 0.05) is 14.0 Å². The number of fused-ring (bicyclic) bond motifs is 1. The van der Waals surface area contributed by atoms with Crippen LogP contribution in [0.1, 0.15) is 24.3 Å². The molecule has 0 aliphatic heterocycles. The van der Waals surface area contributed by atoms with Crippen LogP contribution >= 0.6 is 11.3 Å². The number of aryl methyl sites for hydroxylation is 1. The van der Waals surface area contributed by atoms with E-state index in [1.807, 2.05) is 0 Å². The molecule has 0 saturated heterocycles. The molecule has 0 bridgehead atoms. The van der Waals surface area contributed by atoms with Gasteiger partial charge in [-0.05, 0) is 6.92 Å². The van der Waals surface area contributed by atoms with Crippen LogP contribution in [-0.4, -0.2) is 33.2 Å². The van der Waals surface area contributed by atoms with E-state index < -0.39 is 5.97 Å². The normalized spacial score (nSPS) is 10.6. The van der Waals surface area contributed by atoms with Crippen molar-refractivity contribution >= 4 is 38.7 Å². The van der Waals surface area contributed by atoms with E-state index in [0.717, 1.165) is 0 Å². The highest BCUT2D eigenvalue weighted by atomic mass is 32.1. The Kier molecular flexibility index (Phi) is 3.28. The van der Waals surface area contributed by atoms with Gasteiger partial charge in [0.2, 0.25) is 5.91 Å². The minimum absolute atomic E-state index is 0.209. The number of rotatable bonds is 3. The summed E-state index contributed by atoms with van der Waals surface area (Å²) in [5.41, 5.74) is 0.773. The molecule has 0 aromatic carbocycles. The molecule has 0 fully saturated rings. The van der Waals surface area contributed by atoms with Crippen molar-refractivity contribution in [2.75, 3.05) is 11.9 Å². The first-order valence-electron chi connectivity index (χ1n) is 5.31. The molecule has 0 aliphatic rings. The number of nitrogens with one attached hydrogen (secondary N) is 1. The average molecular weight is 268 g/mol. The molecule has 0 radical (unpaired) electrons. The van der Waals surface area contributed by atoms with Crippen LogP contribution in [0.5, 0.6) is 0 Å². The van der Waals surface area contributed by atoms with Gasteiger partial charge in [-0.3, -0.25) is 4.79 Å². The van der Waals surface area contributed by atoms with E-state index in [1.165, 1.54) is 22.9 Å². The highest BCUT2D eigenvalue weighted by Crippen LogP contribution is 2.28. The zero-order chi connectivity index (χ0) is 13.3. The topological polar surface area (TPSA) is 86.1 Å². The zero-order valence-electron chi connectivity index (χ0n) is 10.2. The van der Waals surface area contributed by atoms with Gasteiger partial charge < -0.3 is 10.1 Å². The number of hydrogen-bond donors (Lipinski definition) is 1. The minimum atomic E-state index is -0.485. The molecule has 18 heavy (non-hydrogen) atoms. The third-order valence-electron chi connectivity index (χ3n) is 2.13. The van der Waals surface area contributed by atoms with Crippen molar-refractivity contribution in [2.45, 2.75) is 13.8 Å². The Balaban J connectivity index is 2.45. The summed E-state index contributed by atoms with van der Waals surface area (Å²) in [6, 6.07) is 0. The monoisotopic (exact) mass is 268 g/mol. The average Bonchev–Trinajstić information content (AvgIpc) is 2.79. The summed E-state index contributed by atoms with van der Waals surface area (Å²) in [7, 11) is 1.68. The highest BCUT2D eigenvalue weighted by Gasteiger charge is 2.21. The molecule has 2 aromatic rings. The number of nitrogens with zero attached hydrogens (tertiary/aromatic N) is 3. The van der Waals surface area contributed by atoms with Crippen molar-refractivity contribution in [3.8, 4) is 0 Å². The summed E-state index contributed by atoms with van der Waals surface area (Å²) in [6.45, 7) is 3.41. The smallest absolute Gasteiger partial charge is 0.360 e. The molecule has 7 nitrogen and oxygen atoms in total. The lowest BCUT2D eigenvalue weighted by Gasteiger charge is -1.97. The van der Waals surface area contributed by atoms with E-state index in [9.17, 15) is 9.59 Å². The summed E-state index contributed by atoms with van der Waals surface area (Å²) >= 11 is 1.20. The molecule has 1 N–H and O–H groups in total. The van der Waals surface area contributed by atoms with E-state index in [-0.39, 0.29) is 18.2 Å². The van der Waals surface area contributed by atoms with E-state index in [0.29, 0.717) is 15.5 Å². The van der Waals surface area contributed by atoms with Crippen LogP contribution in [0.4, 0.5) is 5.13 Å². The van der Waals surface area contributed by atoms with Crippen molar-refractivity contribution in [1.82, 2.24) is 14.8 Å². The lowest BCUT2D eigenvalue weighted by atomic mass is 10.4. The van der Waals surface area contributed by atoms with Crippen molar-refractivity contribution < 1.29 is 14.3 Å². The van der Waals surface area contributed by atoms with Crippen LogP contribution in [0, 0.1) is 0 Å². The molecule has 8 heteroatoms. The summed E-state index contributed by atoms with van der Waals surface area (Å²) in [5, 5.41) is 7.09. The molecule has 0 atom stereocenters. The van der Waals surface area contributed by atoms with Crippen molar-refractivity contribution in [3.05, 3.63) is 5.69 Å². The maximum atomic E-state index is 11.7. The van der Waals surface area contributed by atoms with E-state index >= 15 is 0 Å². The van der Waals surface area contributed by atoms with E-state index in [4.69, 9.17) is 4.74 Å². The molecule has 2 heterocycles. The molecule has 0 spiro atoms. The van der Waals surface area contributed by atoms with Crippen molar-refractivity contribution in [1.29, 1.82) is 0 Å². The fraction of sp³-hybridized carbons (Fsp3) is 0.400. The SMILES string of the molecule is CCOC(=O)c1nn(C)c2nc(NC(C)=O)sc12. The summed E-state index contributed by atoms with van der Waals surface area (Å²) in [5.74, 6) is -0.694. The van der Waals surface area contributed by atoms with Crippen LogP contribution in [0.3, 0.4) is 0 Å². The van der Waals surface area contributed by atoms with Crippen LogP contribution in [-0.2, 0) is 16.6 Å². The van der Waals surface area contributed by atoms with Gasteiger partial charge in [0.1, 0.15) is 4.70 Å². The van der Waals surface area contributed by atoms with Crippen LogP contribution in [0.15, 0.2) is 0 Å². The van der Waals surface area contributed by atoms with Crippen molar-refractivity contribution in [2.24, 2.45) is 7.05 Å².